The molecule has 4 bridgehead atoms. The SMILES string of the molecule is CO[C@H]1CC[C@@H]2CCNC(=O)[C@H](C)NC(=O)[C@@H](NCC(=O)[C@H](CCCCNC(=O)OC(C)(C)C)NC(=O)CCN)[C@H]3CC[C@H](OC)[C@@H](C3)[C@@H]1C2. The van der Waals surface area contributed by atoms with Crippen molar-refractivity contribution in [3.63, 3.8) is 0 Å². The maximum absolute atomic E-state index is 13.9. The Morgan fingerprint density at radius 2 is 1.62 bits per heavy atom. The number of ketones is 1. The minimum absolute atomic E-state index is 0.0384. The number of amides is 4. The number of rotatable bonds is 14. The Bertz CT molecular complexity index is 1130. The van der Waals surface area contributed by atoms with Crippen LogP contribution in [-0.2, 0) is 33.4 Å². The quantitative estimate of drug-likeness (QED) is 0.145. The van der Waals surface area contributed by atoms with Crippen molar-refractivity contribution in [2.24, 2.45) is 29.4 Å². The number of hydrogen-bond acceptors (Lipinski definition) is 10. The zero-order valence-electron chi connectivity index (χ0n) is 31.1. The fourth-order valence-corrected chi connectivity index (χ4v) is 7.95. The van der Waals surface area contributed by atoms with Crippen LogP contribution in [0.4, 0.5) is 4.79 Å². The number of carbonyl (C=O) groups is 5. The van der Waals surface area contributed by atoms with E-state index in [0.29, 0.717) is 44.7 Å². The highest BCUT2D eigenvalue weighted by Gasteiger charge is 2.45. The molecule has 0 aromatic heterocycles. The largest absolute Gasteiger partial charge is 0.444 e. The number of hydrogen-bond donors (Lipinski definition) is 6. The molecule has 14 nitrogen and oxygen atoms in total. The first kappa shape index (κ1) is 41.6. The predicted octanol–water partition coefficient (Wildman–Crippen LogP) is 1.93. The molecule has 0 aromatic rings. The van der Waals surface area contributed by atoms with E-state index in [9.17, 15) is 24.0 Å². The van der Waals surface area contributed by atoms with E-state index in [0.717, 1.165) is 38.5 Å². The second-order valence-electron chi connectivity index (χ2n) is 15.3. The molecule has 1 heterocycles. The van der Waals surface area contributed by atoms with E-state index >= 15 is 0 Å². The fraction of sp³-hybridized carbons (Fsp3) is 0.861. The summed E-state index contributed by atoms with van der Waals surface area (Å²) in [5.74, 6) is -0.384. The lowest BCUT2D eigenvalue weighted by Gasteiger charge is -2.47. The van der Waals surface area contributed by atoms with Crippen molar-refractivity contribution in [3.05, 3.63) is 0 Å². The number of unbranched alkanes of at least 4 members (excludes halogenated alkanes) is 1. The number of methoxy groups -OCH3 is 2. The molecule has 7 N–H and O–H groups in total. The van der Waals surface area contributed by atoms with Gasteiger partial charge in [0.15, 0.2) is 5.78 Å². The van der Waals surface area contributed by atoms with Crippen LogP contribution in [0, 0.1) is 23.7 Å². The lowest BCUT2D eigenvalue weighted by molar-refractivity contribution is -0.133. The highest BCUT2D eigenvalue weighted by molar-refractivity contribution is 5.92. The molecular weight excluding hydrogens is 644 g/mol. The van der Waals surface area contributed by atoms with Crippen LogP contribution in [0.5, 0.6) is 0 Å². The number of Topliss-reactive ketones (excluding diaryl/α,β-unsaturated/α-hetero) is 1. The van der Waals surface area contributed by atoms with Gasteiger partial charge >= 0.3 is 6.09 Å². The van der Waals surface area contributed by atoms with Gasteiger partial charge in [-0.25, -0.2) is 4.79 Å². The first-order valence-electron chi connectivity index (χ1n) is 18.6. The molecule has 9 atom stereocenters. The molecule has 0 unspecified atom stereocenters. The maximum Gasteiger partial charge on any atom is 0.407 e. The molecule has 0 aromatic carbocycles. The van der Waals surface area contributed by atoms with E-state index in [1.165, 1.54) is 0 Å². The molecular formula is C36H64N6O8. The highest BCUT2D eigenvalue weighted by Crippen LogP contribution is 2.45. The van der Waals surface area contributed by atoms with Crippen LogP contribution in [0.25, 0.3) is 0 Å². The number of fused-ring (bicyclic) bond motifs is 5. The number of nitrogens with one attached hydrogen (secondary N) is 5. The molecule has 3 fully saturated rings. The summed E-state index contributed by atoms with van der Waals surface area (Å²) in [6.07, 6.45) is 7.21. The van der Waals surface area contributed by atoms with Crippen molar-refractivity contribution >= 4 is 29.6 Å². The third-order valence-electron chi connectivity index (χ3n) is 10.5. The molecule has 14 heteroatoms. The summed E-state index contributed by atoms with van der Waals surface area (Å²) in [6, 6.07) is -2.28. The van der Waals surface area contributed by atoms with Crippen molar-refractivity contribution in [2.75, 3.05) is 40.4 Å². The number of alkyl carbamates (subject to hydrolysis) is 1. The third kappa shape index (κ3) is 13.1. The van der Waals surface area contributed by atoms with Crippen LogP contribution in [0.3, 0.4) is 0 Å². The van der Waals surface area contributed by atoms with Crippen LogP contribution < -0.4 is 32.3 Å². The Hall–Kier alpha value is -2.81. The van der Waals surface area contributed by atoms with Crippen molar-refractivity contribution < 1.29 is 38.2 Å². The first-order chi connectivity index (χ1) is 23.8. The highest BCUT2D eigenvalue weighted by atomic mass is 16.6. The maximum atomic E-state index is 13.9. The average Bonchev–Trinajstić information content (AvgIpc) is 3.06. The van der Waals surface area contributed by atoms with Crippen molar-refractivity contribution in [3.8, 4) is 0 Å². The Morgan fingerprint density at radius 3 is 2.28 bits per heavy atom. The van der Waals surface area contributed by atoms with Crippen LogP contribution in [0.15, 0.2) is 0 Å². The summed E-state index contributed by atoms with van der Waals surface area (Å²) in [5, 5.41) is 14.7. The van der Waals surface area contributed by atoms with E-state index < -0.39 is 29.8 Å². The van der Waals surface area contributed by atoms with Gasteiger partial charge in [0.05, 0.1) is 30.8 Å². The summed E-state index contributed by atoms with van der Waals surface area (Å²) in [5.41, 5.74) is 4.99. The van der Waals surface area contributed by atoms with Gasteiger partial charge < -0.3 is 41.2 Å². The van der Waals surface area contributed by atoms with Crippen molar-refractivity contribution in [1.82, 2.24) is 26.6 Å². The number of nitrogens with two attached hydrogens (primary N) is 1. The number of ether oxygens (including phenoxy) is 3. The van der Waals surface area contributed by atoms with Gasteiger partial charge in [-0.15, -0.1) is 0 Å². The molecule has 4 amide bonds. The first-order valence-corrected chi connectivity index (χ1v) is 18.6. The van der Waals surface area contributed by atoms with Gasteiger partial charge in [0, 0.05) is 40.3 Å². The molecule has 3 rings (SSSR count). The molecule has 0 radical (unpaired) electrons. The summed E-state index contributed by atoms with van der Waals surface area (Å²) in [4.78, 5) is 65.1. The van der Waals surface area contributed by atoms with Crippen molar-refractivity contribution in [1.29, 1.82) is 0 Å². The van der Waals surface area contributed by atoms with E-state index in [2.05, 4.69) is 26.6 Å². The standard InChI is InChI=1S/C36H64N6O8/c1-22-33(45)38-18-15-23-10-12-29(48-5)25(19-23)26-20-24(11-13-30(26)49-6)32(34(46)41-22)40-21-28(43)27(42-31(44)14-16-37)9-7-8-17-39-35(47)50-36(2,3)4/h22-27,29-30,32,40H,7-21,37H2,1-6H3,(H,38,45)(H,39,47)(H,41,46)(H,42,44)/t22-,23+,24-,25-,26-,27-,29-,30-,32-/m0/s1. The van der Waals surface area contributed by atoms with Gasteiger partial charge in [-0.05, 0) is 116 Å². The molecule has 286 valence electrons. The fourth-order valence-electron chi connectivity index (χ4n) is 7.95. The average molecular weight is 709 g/mol. The van der Waals surface area contributed by atoms with Gasteiger partial charge in [-0.3, -0.25) is 24.5 Å². The molecule has 2 aliphatic carbocycles. The lowest BCUT2D eigenvalue weighted by Crippen LogP contribution is -2.58. The van der Waals surface area contributed by atoms with E-state index in [-0.39, 0.29) is 73.0 Å². The van der Waals surface area contributed by atoms with E-state index in [1.54, 1.807) is 41.9 Å². The third-order valence-corrected chi connectivity index (χ3v) is 10.5. The van der Waals surface area contributed by atoms with E-state index in [1.807, 2.05) is 0 Å². The minimum atomic E-state index is -0.798. The molecule has 3 aliphatic rings. The summed E-state index contributed by atoms with van der Waals surface area (Å²) >= 11 is 0. The van der Waals surface area contributed by atoms with Crippen LogP contribution in [0.2, 0.25) is 0 Å². The lowest BCUT2D eigenvalue weighted by atomic mass is 9.64. The van der Waals surface area contributed by atoms with Gasteiger partial charge in [0.2, 0.25) is 17.7 Å². The van der Waals surface area contributed by atoms with E-state index in [4.69, 9.17) is 19.9 Å². The normalized spacial score (nSPS) is 29.8. The van der Waals surface area contributed by atoms with Gasteiger partial charge in [-0.2, -0.15) is 0 Å². The summed E-state index contributed by atoms with van der Waals surface area (Å²) < 4.78 is 17.3. The van der Waals surface area contributed by atoms with Gasteiger partial charge in [0.25, 0.3) is 0 Å². The molecule has 50 heavy (non-hydrogen) atoms. The predicted molar refractivity (Wildman–Crippen MR) is 189 cm³/mol. The zero-order chi connectivity index (χ0) is 36.8. The monoisotopic (exact) mass is 708 g/mol. The van der Waals surface area contributed by atoms with Crippen LogP contribution >= 0.6 is 0 Å². The summed E-state index contributed by atoms with van der Waals surface area (Å²) in [7, 11) is 3.52. The Kier molecular flexibility index (Phi) is 16.9. The summed E-state index contributed by atoms with van der Waals surface area (Å²) in [6.45, 7) is 7.94. The molecule has 0 spiro atoms. The second kappa shape index (κ2) is 20.3. The molecule has 1 aliphatic heterocycles. The Labute approximate surface area is 298 Å². The zero-order valence-corrected chi connectivity index (χ0v) is 31.1. The van der Waals surface area contributed by atoms with Crippen molar-refractivity contribution in [2.45, 2.75) is 134 Å². The van der Waals surface area contributed by atoms with Gasteiger partial charge in [0.1, 0.15) is 11.6 Å². The number of carbonyl (C=O) groups excluding carboxylic acids is 5. The Morgan fingerprint density at radius 1 is 0.940 bits per heavy atom. The molecule has 1 saturated heterocycles. The minimum Gasteiger partial charge on any atom is -0.444 e. The smallest absolute Gasteiger partial charge is 0.407 e. The van der Waals surface area contributed by atoms with Crippen LogP contribution in [-0.4, -0.2) is 106 Å². The van der Waals surface area contributed by atoms with Crippen LogP contribution in [0.1, 0.15) is 98.3 Å². The van der Waals surface area contributed by atoms with Gasteiger partial charge in [-0.1, -0.05) is 0 Å². The second-order valence-corrected chi connectivity index (χ2v) is 15.3. The Balaban J connectivity index is 1.76. The topological polar surface area (TPSA) is 199 Å². The molecule has 2 saturated carbocycles.